The summed E-state index contributed by atoms with van der Waals surface area (Å²) in [6, 6.07) is 5.98. The van der Waals surface area contributed by atoms with Crippen LogP contribution in [0.25, 0.3) is 0 Å². The quantitative estimate of drug-likeness (QED) is 0.932. The fraction of sp³-hybridized carbons (Fsp3) is 0.438. The fourth-order valence-electron chi connectivity index (χ4n) is 2.72. The Morgan fingerprint density at radius 3 is 2.55 bits per heavy atom. The SMILES string of the molecule is CCn1nc(C)cc1C(N)c1c(C)cc(C)cc1OC. The largest absolute Gasteiger partial charge is 0.496 e. The average Bonchev–Trinajstić information content (AvgIpc) is 2.78. The summed E-state index contributed by atoms with van der Waals surface area (Å²) >= 11 is 0. The summed E-state index contributed by atoms with van der Waals surface area (Å²) in [6.07, 6.45) is 0. The maximum absolute atomic E-state index is 6.49. The van der Waals surface area contributed by atoms with Gasteiger partial charge >= 0.3 is 0 Å². The molecular formula is C16H23N3O. The van der Waals surface area contributed by atoms with Gasteiger partial charge in [-0.05, 0) is 51.0 Å². The van der Waals surface area contributed by atoms with Crippen LogP contribution in [-0.2, 0) is 6.54 Å². The van der Waals surface area contributed by atoms with Crippen LogP contribution in [0.2, 0.25) is 0 Å². The van der Waals surface area contributed by atoms with E-state index >= 15 is 0 Å². The van der Waals surface area contributed by atoms with Gasteiger partial charge in [0.05, 0.1) is 24.5 Å². The molecule has 2 rings (SSSR count). The first-order chi connectivity index (χ1) is 9.47. The molecule has 4 heteroatoms. The highest BCUT2D eigenvalue weighted by Gasteiger charge is 2.21. The van der Waals surface area contributed by atoms with Gasteiger partial charge in [0, 0.05) is 12.1 Å². The third kappa shape index (κ3) is 2.56. The maximum Gasteiger partial charge on any atom is 0.124 e. The molecule has 1 aromatic heterocycles. The molecule has 1 atom stereocenters. The monoisotopic (exact) mass is 273 g/mol. The molecule has 0 spiro atoms. The molecule has 2 N–H and O–H groups in total. The smallest absolute Gasteiger partial charge is 0.124 e. The topological polar surface area (TPSA) is 53.1 Å². The average molecular weight is 273 g/mol. The summed E-state index contributed by atoms with van der Waals surface area (Å²) in [5.41, 5.74) is 11.9. The van der Waals surface area contributed by atoms with Gasteiger partial charge in [0.15, 0.2) is 0 Å². The van der Waals surface area contributed by atoms with E-state index in [0.717, 1.165) is 34.8 Å². The molecule has 0 saturated heterocycles. The molecule has 108 valence electrons. The van der Waals surface area contributed by atoms with Crippen LogP contribution < -0.4 is 10.5 Å². The van der Waals surface area contributed by atoms with E-state index in [1.807, 2.05) is 23.7 Å². The zero-order valence-corrected chi connectivity index (χ0v) is 12.9. The molecule has 2 aromatic rings. The van der Waals surface area contributed by atoms with Crippen LogP contribution in [0.5, 0.6) is 5.75 Å². The number of aromatic nitrogens is 2. The van der Waals surface area contributed by atoms with Gasteiger partial charge in [-0.2, -0.15) is 5.10 Å². The number of hydrogen-bond acceptors (Lipinski definition) is 3. The minimum Gasteiger partial charge on any atom is -0.496 e. The van der Waals surface area contributed by atoms with Crippen molar-refractivity contribution in [3.63, 3.8) is 0 Å². The molecule has 1 aromatic carbocycles. The molecule has 0 bridgehead atoms. The molecule has 1 unspecified atom stereocenters. The van der Waals surface area contributed by atoms with E-state index in [4.69, 9.17) is 10.5 Å². The number of rotatable bonds is 4. The lowest BCUT2D eigenvalue weighted by molar-refractivity contribution is 0.406. The summed E-state index contributed by atoms with van der Waals surface area (Å²) < 4.78 is 7.48. The van der Waals surface area contributed by atoms with E-state index in [2.05, 4.69) is 31.9 Å². The first kappa shape index (κ1) is 14.6. The molecular weight excluding hydrogens is 250 g/mol. The van der Waals surface area contributed by atoms with Gasteiger partial charge in [-0.25, -0.2) is 0 Å². The summed E-state index contributed by atoms with van der Waals surface area (Å²) in [7, 11) is 1.69. The number of methoxy groups -OCH3 is 1. The second-order valence-corrected chi connectivity index (χ2v) is 5.20. The second-order valence-electron chi connectivity index (χ2n) is 5.20. The number of aryl methyl sites for hydroxylation is 4. The highest BCUT2D eigenvalue weighted by Crippen LogP contribution is 2.32. The van der Waals surface area contributed by atoms with Crippen molar-refractivity contribution >= 4 is 0 Å². The van der Waals surface area contributed by atoms with E-state index in [1.165, 1.54) is 5.56 Å². The van der Waals surface area contributed by atoms with E-state index in [-0.39, 0.29) is 6.04 Å². The predicted molar refractivity (Wildman–Crippen MR) is 81.1 cm³/mol. The predicted octanol–water partition coefficient (Wildman–Crippen LogP) is 2.88. The maximum atomic E-state index is 6.49. The van der Waals surface area contributed by atoms with Crippen LogP contribution >= 0.6 is 0 Å². The number of benzene rings is 1. The van der Waals surface area contributed by atoms with Crippen molar-refractivity contribution in [2.75, 3.05) is 7.11 Å². The third-order valence-corrected chi connectivity index (χ3v) is 3.58. The van der Waals surface area contributed by atoms with Crippen molar-refractivity contribution in [3.8, 4) is 5.75 Å². The van der Waals surface area contributed by atoms with Crippen LogP contribution in [0.3, 0.4) is 0 Å². The Balaban J connectivity index is 2.55. The number of ether oxygens (including phenoxy) is 1. The highest BCUT2D eigenvalue weighted by atomic mass is 16.5. The van der Waals surface area contributed by atoms with Crippen molar-refractivity contribution in [2.24, 2.45) is 5.73 Å². The van der Waals surface area contributed by atoms with Crippen LogP contribution in [-0.4, -0.2) is 16.9 Å². The summed E-state index contributed by atoms with van der Waals surface area (Å²) in [6.45, 7) is 9.00. The molecule has 1 heterocycles. The van der Waals surface area contributed by atoms with Crippen molar-refractivity contribution in [1.82, 2.24) is 9.78 Å². The van der Waals surface area contributed by atoms with Gasteiger partial charge in [0.2, 0.25) is 0 Å². The van der Waals surface area contributed by atoms with Crippen molar-refractivity contribution < 1.29 is 4.74 Å². The molecule has 20 heavy (non-hydrogen) atoms. The van der Waals surface area contributed by atoms with E-state index < -0.39 is 0 Å². The molecule has 4 nitrogen and oxygen atoms in total. The molecule has 0 saturated carbocycles. The summed E-state index contributed by atoms with van der Waals surface area (Å²) in [4.78, 5) is 0. The Hall–Kier alpha value is -1.81. The minimum absolute atomic E-state index is 0.230. The van der Waals surface area contributed by atoms with Gasteiger partial charge in [-0.15, -0.1) is 0 Å². The number of nitrogens with zero attached hydrogens (tertiary/aromatic N) is 2. The van der Waals surface area contributed by atoms with Crippen LogP contribution in [0.1, 0.15) is 41.0 Å². The summed E-state index contributed by atoms with van der Waals surface area (Å²) in [5, 5.41) is 4.47. The molecule has 0 fully saturated rings. The lowest BCUT2D eigenvalue weighted by Crippen LogP contribution is -2.19. The lowest BCUT2D eigenvalue weighted by atomic mass is 9.96. The van der Waals surface area contributed by atoms with Crippen LogP contribution in [0.4, 0.5) is 0 Å². The Morgan fingerprint density at radius 1 is 1.25 bits per heavy atom. The fourth-order valence-corrected chi connectivity index (χ4v) is 2.72. The Morgan fingerprint density at radius 2 is 1.95 bits per heavy atom. The van der Waals surface area contributed by atoms with E-state index in [1.54, 1.807) is 7.11 Å². The van der Waals surface area contributed by atoms with Crippen molar-refractivity contribution in [3.05, 3.63) is 46.3 Å². The third-order valence-electron chi connectivity index (χ3n) is 3.58. The molecule has 0 radical (unpaired) electrons. The normalized spacial score (nSPS) is 12.5. The Kier molecular flexibility index (Phi) is 4.14. The zero-order chi connectivity index (χ0) is 14.9. The molecule has 0 amide bonds. The van der Waals surface area contributed by atoms with Gasteiger partial charge in [-0.3, -0.25) is 4.68 Å². The number of nitrogens with two attached hydrogens (primary N) is 1. The first-order valence-corrected chi connectivity index (χ1v) is 6.93. The summed E-state index contributed by atoms with van der Waals surface area (Å²) in [5.74, 6) is 0.844. The highest BCUT2D eigenvalue weighted by molar-refractivity contribution is 5.47. The number of hydrogen-bond donors (Lipinski definition) is 1. The molecule has 0 aliphatic heterocycles. The Bertz CT molecular complexity index is 616. The van der Waals surface area contributed by atoms with Gasteiger partial charge < -0.3 is 10.5 Å². The second kappa shape index (κ2) is 5.67. The van der Waals surface area contributed by atoms with Crippen LogP contribution in [0.15, 0.2) is 18.2 Å². The standard InChI is InChI=1S/C16H23N3O/c1-6-19-13(9-12(4)18-19)16(17)15-11(3)7-10(2)8-14(15)20-5/h7-9,16H,6,17H2,1-5H3. The molecule has 0 aliphatic carbocycles. The van der Waals surface area contributed by atoms with Crippen molar-refractivity contribution in [1.29, 1.82) is 0 Å². The van der Waals surface area contributed by atoms with Crippen LogP contribution in [0, 0.1) is 20.8 Å². The van der Waals surface area contributed by atoms with Gasteiger partial charge in [0.1, 0.15) is 5.75 Å². The van der Waals surface area contributed by atoms with Crippen molar-refractivity contribution in [2.45, 2.75) is 40.3 Å². The molecule has 0 aliphatic rings. The zero-order valence-electron chi connectivity index (χ0n) is 12.9. The van der Waals surface area contributed by atoms with Gasteiger partial charge in [0.25, 0.3) is 0 Å². The van der Waals surface area contributed by atoms with E-state index in [9.17, 15) is 0 Å². The van der Waals surface area contributed by atoms with Gasteiger partial charge in [-0.1, -0.05) is 6.07 Å². The minimum atomic E-state index is -0.230. The Labute approximate surface area is 120 Å². The van der Waals surface area contributed by atoms with E-state index in [0.29, 0.717) is 0 Å². The lowest BCUT2D eigenvalue weighted by Gasteiger charge is -2.20. The first-order valence-electron chi connectivity index (χ1n) is 6.93.